The standard InChI is InChI=1S/C19H18ClN3O3/c20-14-6-4-13(5-7-14)11-22-18(26)19(8-2-10-24)17(25)15-3-1-9-21-16(15)12-23-19/h1,3-7,9,12,16-17,21,24-25H,10-11H2,(H,22,26). The van der Waals surface area contributed by atoms with Crippen molar-refractivity contribution in [2.24, 2.45) is 4.99 Å². The Morgan fingerprint density at radius 2 is 2.15 bits per heavy atom. The first-order valence-electron chi connectivity index (χ1n) is 8.06. The molecule has 7 heteroatoms. The molecule has 0 fully saturated rings. The number of aliphatic hydroxyl groups excluding tert-OH is 2. The Hall–Kier alpha value is -2.59. The lowest BCUT2D eigenvalue weighted by Crippen LogP contribution is -2.58. The van der Waals surface area contributed by atoms with Gasteiger partial charge in [-0.05, 0) is 35.5 Å². The zero-order valence-corrected chi connectivity index (χ0v) is 14.6. The molecule has 2 heterocycles. The summed E-state index contributed by atoms with van der Waals surface area (Å²) in [5.74, 6) is 4.56. The van der Waals surface area contributed by atoms with Crippen LogP contribution in [0.3, 0.4) is 0 Å². The van der Waals surface area contributed by atoms with Gasteiger partial charge in [-0.25, -0.2) is 0 Å². The number of nitrogens with one attached hydrogen (secondary N) is 2. The molecule has 0 saturated heterocycles. The highest BCUT2D eigenvalue weighted by molar-refractivity contribution is 6.30. The Kier molecular flexibility index (Phi) is 5.43. The third kappa shape index (κ3) is 3.51. The Morgan fingerprint density at radius 1 is 1.38 bits per heavy atom. The molecule has 0 radical (unpaired) electrons. The van der Waals surface area contributed by atoms with Crippen molar-refractivity contribution in [2.45, 2.75) is 24.2 Å². The third-order valence-electron chi connectivity index (χ3n) is 4.23. The number of fused-ring (bicyclic) bond motifs is 1. The van der Waals surface area contributed by atoms with Gasteiger partial charge in [-0.15, -0.1) is 0 Å². The molecule has 0 bridgehead atoms. The molecule has 0 spiro atoms. The number of carbonyl (C=O) groups excluding carboxylic acids is 1. The summed E-state index contributed by atoms with van der Waals surface area (Å²) in [6.45, 7) is -0.198. The number of nitrogens with zero attached hydrogens (tertiary/aromatic N) is 1. The molecule has 3 rings (SSSR count). The number of hydrogen-bond donors (Lipinski definition) is 4. The van der Waals surface area contributed by atoms with Crippen molar-refractivity contribution in [1.82, 2.24) is 10.6 Å². The molecule has 0 aliphatic carbocycles. The minimum atomic E-state index is -1.70. The fraction of sp³-hybridized carbons (Fsp3) is 0.263. The van der Waals surface area contributed by atoms with Crippen molar-refractivity contribution in [3.8, 4) is 11.8 Å². The van der Waals surface area contributed by atoms with Crippen LogP contribution in [0.5, 0.6) is 0 Å². The Morgan fingerprint density at radius 3 is 2.88 bits per heavy atom. The molecule has 134 valence electrons. The van der Waals surface area contributed by atoms with Gasteiger partial charge in [-0.2, -0.15) is 0 Å². The number of halogens is 1. The van der Waals surface area contributed by atoms with Gasteiger partial charge in [-0.1, -0.05) is 41.7 Å². The molecule has 2 aliphatic rings. The van der Waals surface area contributed by atoms with E-state index in [1.54, 1.807) is 48.8 Å². The monoisotopic (exact) mass is 371 g/mol. The SMILES string of the molecule is O=C(NCc1ccc(Cl)cc1)C1(C#CCO)N=CC2NC=CC=C2C1O. The van der Waals surface area contributed by atoms with Crippen LogP contribution in [-0.4, -0.2) is 46.6 Å². The van der Waals surface area contributed by atoms with Crippen LogP contribution < -0.4 is 10.6 Å². The van der Waals surface area contributed by atoms with Gasteiger partial charge < -0.3 is 20.8 Å². The van der Waals surface area contributed by atoms with Gasteiger partial charge in [0, 0.05) is 17.8 Å². The van der Waals surface area contributed by atoms with Gasteiger partial charge in [0.2, 0.25) is 5.54 Å². The number of carbonyl (C=O) groups is 1. The Balaban J connectivity index is 1.86. The second-order valence-corrected chi connectivity index (χ2v) is 6.32. The number of amides is 1. The Bertz CT molecular complexity index is 836. The van der Waals surface area contributed by atoms with E-state index in [9.17, 15) is 9.90 Å². The Labute approximate surface area is 156 Å². The van der Waals surface area contributed by atoms with Crippen molar-refractivity contribution >= 4 is 23.7 Å². The minimum Gasteiger partial charge on any atom is -0.384 e. The van der Waals surface area contributed by atoms with Crippen LogP contribution in [0.15, 0.2) is 53.2 Å². The predicted octanol–water partition coefficient (Wildman–Crippen LogP) is 0.548. The lowest BCUT2D eigenvalue weighted by molar-refractivity contribution is -0.127. The topological polar surface area (TPSA) is 94.0 Å². The number of dihydropyridines is 1. The summed E-state index contributed by atoms with van der Waals surface area (Å²) in [5.41, 5.74) is -0.261. The highest BCUT2D eigenvalue weighted by Crippen LogP contribution is 2.29. The molecule has 26 heavy (non-hydrogen) atoms. The maximum atomic E-state index is 12.9. The van der Waals surface area contributed by atoms with Crippen molar-refractivity contribution < 1.29 is 15.0 Å². The summed E-state index contributed by atoms with van der Waals surface area (Å²) in [5, 5.41) is 26.3. The van der Waals surface area contributed by atoms with Crippen molar-refractivity contribution in [3.63, 3.8) is 0 Å². The lowest BCUT2D eigenvalue weighted by atomic mass is 9.81. The zero-order chi connectivity index (χ0) is 18.6. The van der Waals surface area contributed by atoms with Crippen LogP contribution in [0.2, 0.25) is 5.02 Å². The van der Waals surface area contributed by atoms with E-state index in [-0.39, 0.29) is 12.6 Å². The van der Waals surface area contributed by atoms with Crippen LogP contribution in [0.1, 0.15) is 5.56 Å². The predicted molar refractivity (Wildman–Crippen MR) is 99.5 cm³/mol. The van der Waals surface area contributed by atoms with E-state index in [1.165, 1.54) is 0 Å². The normalized spacial score (nSPS) is 26.0. The van der Waals surface area contributed by atoms with E-state index in [1.807, 2.05) is 0 Å². The summed E-state index contributed by atoms with van der Waals surface area (Å²) in [7, 11) is 0. The van der Waals surface area contributed by atoms with Crippen LogP contribution in [0.25, 0.3) is 0 Å². The summed E-state index contributed by atoms with van der Waals surface area (Å²) in [4.78, 5) is 17.2. The van der Waals surface area contributed by atoms with E-state index in [0.717, 1.165) is 5.56 Å². The fourth-order valence-corrected chi connectivity index (χ4v) is 2.97. The molecule has 4 N–H and O–H groups in total. The van der Waals surface area contributed by atoms with Gasteiger partial charge in [0.15, 0.2) is 0 Å². The van der Waals surface area contributed by atoms with Crippen LogP contribution in [0.4, 0.5) is 0 Å². The van der Waals surface area contributed by atoms with Gasteiger partial charge >= 0.3 is 0 Å². The summed E-state index contributed by atoms with van der Waals surface area (Å²) >= 11 is 5.86. The van der Waals surface area contributed by atoms with Gasteiger partial charge in [0.1, 0.15) is 12.7 Å². The van der Waals surface area contributed by atoms with E-state index >= 15 is 0 Å². The smallest absolute Gasteiger partial charge is 0.263 e. The van der Waals surface area contributed by atoms with Crippen molar-refractivity contribution in [1.29, 1.82) is 0 Å². The van der Waals surface area contributed by atoms with Gasteiger partial charge in [0.25, 0.3) is 5.91 Å². The summed E-state index contributed by atoms with van der Waals surface area (Å²) in [6.07, 6.45) is 5.53. The number of benzene rings is 1. The molecular formula is C19H18ClN3O3. The molecule has 0 aromatic heterocycles. The summed E-state index contributed by atoms with van der Waals surface area (Å²) < 4.78 is 0. The first-order chi connectivity index (χ1) is 12.6. The molecule has 3 atom stereocenters. The number of aliphatic imine (C=N–C) groups is 1. The van der Waals surface area contributed by atoms with E-state index in [4.69, 9.17) is 16.7 Å². The van der Waals surface area contributed by atoms with Crippen LogP contribution in [0, 0.1) is 11.8 Å². The van der Waals surface area contributed by atoms with Crippen molar-refractivity contribution in [3.05, 3.63) is 58.8 Å². The van der Waals surface area contributed by atoms with Gasteiger partial charge in [0.05, 0.1) is 6.04 Å². The minimum absolute atomic E-state index is 0.238. The maximum absolute atomic E-state index is 12.9. The van der Waals surface area contributed by atoms with Gasteiger partial charge in [-0.3, -0.25) is 9.79 Å². The number of hydrogen-bond acceptors (Lipinski definition) is 5. The largest absolute Gasteiger partial charge is 0.384 e. The number of aliphatic hydroxyl groups is 2. The van der Waals surface area contributed by atoms with Crippen LogP contribution >= 0.6 is 11.6 Å². The van der Waals surface area contributed by atoms with E-state index in [0.29, 0.717) is 10.6 Å². The van der Waals surface area contributed by atoms with E-state index in [2.05, 4.69) is 27.5 Å². The second-order valence-electron chi connectivity index (χ2n) is 5.89. The molecule has 3 unspecified atom stereocenters. The van der Waals surface area contributed by atoms with Crippen molar-refractivity contribution in [2.75, 3.05) is 6.61 Å². The fourth-order valence-electron chi connectivity index (χ4n) is 2.85. The molecule has 2 aliphatic heterocycles. The second kappa shape index (κ2) is 7.75. The average molecular weight is 372 g/mol. The highest BCUT2D eigenvalue weighted by atomic mass is 35.5. The number of rotatable bonds is 3. The average Bonchev–Trinajstić information content (AvgIpc) is 2.67. The quantitative estimate of drug-likeness (QED) is 0.584. The molecular weight excluding hydrogens is 354 g/mol. The van der Waals surface area contributed by atoms with Crippen LogP contribution in [-0.2, 0) is 11.3 Å². The highest BCUT2D eigenvalue weighted by Gasteiger charge is 2.49. The molecule has 1 aromatic rings. The molecule has 0 saturated carbocycles. The molecule has 6 nitrogen and oxygen atoms in total. The summed E-state index contributed by atoms with van der Waals surface area (Å²) in [6, 6.07) is 6.76. The number of allylic oxidation sites excluding steroid dienone is 2. The first kappa shape index (κ1) is 18.2. The first-order valence-corrected chi connectivity index (χ1v) is 8.44. The lowest BCUT2D eigenvalue weighted by Gasteiger charge is -2.37. The molecule has 1 aromatic carbocycles. The zero-order valence-electron chi connectivity index (χ0n) is 13.8. The third-order valence-corrected chi connectivity index (χ3v) is 4.48. The maximum Gasteiger partial charge on any atom is 0.263 e. The molecule has 1 amide bonds. The van der Waals surface area contributed by atoms with E-state index < -0.39 is 24.2 Å².